The van der Waals surface area contributed by atoms with Crippen LogP contribution in [0.1, 0.15) is 41.8 Å². The Morgan fingerprint density at radius 3 is 2.59 bits per heavy atom. The lowest BCUT2D eigenvalue weighted by Gasteiger charge is -2.17. The molecule has 4 heteroatoms. The van der Waals surface area contributed by atoms with Crippen LogP contribution in [-0.2, 0) is 17.6 Å². The average Bonchev–Trinajstić information content (AvgIpc) is 3.18. The number of amides is 1. The Balaban J connectivity index is 1.52. The van der Waals surface area contributed by atoms with E-state index in [4.69, 9.17) is 0 Å². The van der Waals surface area contributed by atoms with Crippen LogP contribution in [0.4, 0.5) is 0 Å². The second-order valence-electron chi connectivity index (χ2n) is 6.41. The van der Waals surface area contributed by atoms with Gasteiger partial charge in [-0.3, -0.25) is 9.89 Å². The minimum atomic E-state index is -0.00499. The molecule has 22 heavy (non-hydrogen) atoms. The van der Waals surface area contributed by atoms with Crippen molar-refractivity contribution in [3.8, 4) is 0 Å². The molecule has 1 heterocycles. The van der Waals surface area contributed by atoms with E-state index in [1.54, 1.807) is 0 Å². The number of aryl methyl sites for hydroxylation is 2. The number of nitrogens with zero attached hydrogens (tertiary/aromatic N) is 1. The Morgan fingerprint density at radius 2 is 2.00 bits per heavy atom. The fourth-order valence-electron chi connectivity index (χ4n) is 2.85. The highest BCUT2D eigenvalue weighted by molar-refractivity contribution is 5.77. The van der Waals surface area contributed by atoms with Gasteiger partial charge in [-0.25, -0.2) is 0 Å². The zero-order chi connectivity index (χ0) is 15.6. The molecule has 0 radical (unpaired) electrons. The maximum Gasteiger partial charge on any atom is 0.220 e. The molecular weight excluding hydrogens is 274 g/mol. The first-order chi connectivity index (χ1) is 10.6. The second kappa shape index (κ2) is 5.95. The summed E-state index contributed by atoms with van der Waals surface area (Å²) in [7, 11) is 0. The molecule has 1 aromatic carbocycles. The Morgan fingerprint density at radius 1 is 1.27 bits per heavy atom. The van der Waals surface area contributed by atoms with Crippen LogP contribution in [0.25, 0.3) is 0 Å². The highest BCUT2D eigenvalue weighted by atomic mass is 16.1. The van der Waals surface area contributed by atoms with Crippen molar-refractivity contribution in [1.29, 1.82) is 0 Å². The van der Waals surface area contributed by atoms with Gasteiger partial charge in [-0.1, -0.05) is 30.3 Å². The van der Waals surface area contributed by atoms with Gasteiger partial charge in [0.1, 0.15) is 0 Å². The maximum absolute atomic E-state index is 12.2. The first-order valence-corrected chi connectivity index (χ1v) is 7.93. The van der Waals surface area contributed by atoms with Crippen molar-refractivity contribution >= 4 is 5.91 Å². The third-order valence-electron chi connectivity index (χ3n) is 4.59. The summed E-state index contributed by atoms with van der Waals surface area (Å²) in [5.41, 5.74) is 4.53. The number of rotatable bonds is 6. The molecule has 1 fully saturated rings. The van der Waals surface area contributed by atoms with Crippen molar-refractivity contribution in [3.63, 3.8) is 0 Å². The molecule has 1 amide bonds. The molecule has 2 N–H and O–H groups in total. The molecule has 0 aliphatic heterocycles. The Hall–Kier alpha value is -2.10. The second-order valence-corrected chi connectivity index (χ2v) is 6.41. The summed E-state index contributed by atoms with van der Waals surface area (Å²) in [6.45, 7) is 4.05. The van der Waals surface area contributed by atoms with Crippen molar-refractivity contribution in [2.75, 3.05) is 0 Å². The standard InChI is InChI=1S/C18H23N3O/c1-13-14(2)20-21-16(13)8-9-17(22)19-18(10-11-18)12-15-6-4-3-5-7-15/h3-7H,8-12H2,1-2H3,(H,19,22)(H,20,21). The van der Waals surface area contributed by atoms with Crippen LogP contribution < -0.4 is 5.32 Å². The van der Waals surface area contributed by atoms with Crippen LogP contribution in [0.15, 0.2) is 30.3 Å². The van der Waals surface area contributed by atoms with Gasteiger partial charge in [0.05, 0.1) is 5.69 Å². The number of aromatic amines is 1. The summed E-state index contributed by atoms with van der Waals surface area (Å²) in [5.74, 6) is 0.133. The molecule has 2 aromatic rings. The number of H-pyrrole nitrogens is 1. The first kappa shape index (κ1) is 14.8. The van der Waals surface area contributed by atoms with E-state index in [9.17, 15) is 4.79 Å². The molecule has 1 aliphatic rings. The van der Waals surface area contributed by atoms with Crippen molar-refractivity contribution in [3.05, 3.63) is 52.8 Å². The number of carbonyl (C=O) groups is 1. The summed E-state index contributed by atoms with van der Waals surface area (Å²) in [4.78, 5) is 12.2. The van der Waals surface area contributed by atoms with Crippen LogP contribution in [0.5, 0.6) is 0 Å². The van der Waals surface area contributed by atoms with Gasteiger partial charge in [0.25, 0.3) is 0 Å². The van der Waals surface area contributed by atoms with E-state index in [0.717, 1.165) is 30.7 Å². The van der Waals surface area contributed by atoms with Gasteiger partial charge >= 0.3 is 0 Å². The Bertz CT molecular complexity index is 656. The van der Waals surface area contributed by atoms with Gasteiger partial charge in [-0.05, 0) is 44.2 Å². The van der Waals surface area contributed by atoms with Gasteiger partial charge in [-0.2, -0.15) is 5.10 Å². The summed E-state index contributed by atoms with van der Waals surface area (Å²) < 4.78 is 0. The molecule has 3 rings (SSSR count). The van der Waals surface area contributed by atoms with Gasteiger partial charge in [0, 0.05) is 24.1 Å². The van der Waals surface area contributed by atoms with E-state index in [1.807, 2.05) is 19.9 Å². The van der Waals surface area contributed by atoms with Gasteiger partial charge in [-0.15, -0.1) is 0 Å². The summed E-state index contributed by atoms with van der Waals surface area (Å²) >= 11 is 0. The van der Waals surface area contributed by atoms with Crippen LogP contribution in [0.2, 0.25) is 0 Å². The Labute approximate surface area is 131 Å². The minimum Gasteiger partial charge on any atom is -0.350 e. The number of hydrogen-bond donors (Lipinski definition) is 2. The Kier molecular flexibility index (Phi) is 4.01. The van der Waals surface area contributed by atoms with Crippen molar-refractivity contribution in [2.24, 2.45) is 0 Å². The van der Waals surface area contributed by atoms with Crippen LogP contribution in [0, 0.1) is 13.8 Å². The van der Waals surface area contributed by atoms with E-state index in [2.05, 4.69) is 39.8 Å². The highest BCUT2D eigenvalue weighted by Gasteiger charge is 2.43. The molecule has 0 spiro atoms. The van der Waals surface area contributed by atoms with E-state index in [0.29, 0.717) is 12.8 Å². The first-order valence-electron chi connectivity index (χ1n) is 7.93. The third-order valence-corrected chi connectivity index (χ3v) is 4.59. The van der Waals surface area contributed by atoms with Crippen molar-refractivity contribution in [1.82, 2.24) is 15.5 Å². The zero-order valence-corrected chi connectivity index (χ0v) is 13.3. The third kappa shape index (κ3) is 3.38. The molecular formula is C18H23N3O. The van der Waals surface area contributed by atoms with Gasteiger partial charge in [0.15, 0.2) is 0 Å². The van der Waals surface area contributed by atoms with E-state index >= 15 is 0 Å². The number of hydrogen-bond acceptors (Lipinski definition) is 2. The topological polar surface area (TPSA) is 57.8 Å². The van der Waals surface area contributed by atoms with Crippen molar-refractivity contribution < 1.29 is 4.79 Å². The largest absolute Gasteiger partial charge is 0.350 e. The molecule has 0 saturated heterocycles. The number of carbonyl (C=O) groups excluding carboxylic acids is 1. The van der Waals surface area contributed by atoms with E-state index in [-0.39, 0.29) is 11.4 Å². The lowest BCUT2D eigenvalue weighted by atomic mass is 10.0. The molecule has 0 bridgehead atoms. The maximum atomic E-state index is 12.2. The molecule has 0 unspecified atom stereocenters. The lowest BCUT2D eigenvalue weighted by molar-refractivity contribution is -0.122. The zero-order valence-electron chi connectivity index (χ0n) is 13.3. The molecule has 116 valence electrons. The molecule has 1 saturated carbocycles. The average molecular weight is 297 g/mol. The SMILES string of the molecule is Cc1[nH]nc(CCC(=O)NC2(Cc3ccccc3)CC2)c1C. The smallest absolute Gasteiger partial charge is 0.220 e. The van der Waals surface area contributed by atoms with E-state index in [1.165, 1.54) is 11.1 Å². The number of nitrogens with one attached hydrogen (secondary N) is 2. The van der Waals surface area contributed by atoms with Gasteiger partial charge in [0.2, 0.25) is 5.91 Å². The monoisotopic (exact) mass is 297 g/mol. The predicted molar refractivity (Wildman–Crippen MR) is 86.6 cm³/mol. The summed E-state index contributed by atoms with van der Waals surface area (Å²) in [6, 6.07) is 10.4. The molecule has 1 aliphatic carbocycles. The lowest BCUT2D eigenvalue weighted by Crippen LogP contribution is -2.38. The van der Waals surface area contributed by atoms with Crippen molar-refractivity contribution in [2.45, 2.75) is 51.5 Å². The minimum absolute atomic E-state index is 0.00499. The fraction of sp³-hybridized carbons (Fsp3) is 0.444. The van der Waals surface area contributed by atoms with Crippen LogP contribution in [0.3, 0.4) is 0 Å². The predicted octanol–water partition coefficient (Wildman–Crippen LogP) is 2.85. The van der Waals surface area contributed by atoms with Crippen LogP contribution >= 0.6 is 0 Å². The molecule has 0 atom stereocenters. The quantitative estimate of drug-likeness (QED) is 0.861. The summed E-state index contributed by atoms with van der Waals surface area (Å²) in [6.07, 6.45) is 4.29. The van der Waals surface area contributed by atoms with Gasteiger partial charge < -0.3 is 5.32 Å². The molecule has 1 aromatic heterocycles. The normalized spacial score (nSPS) is 15.5. The highest BCUT2D eigenvalue weighted by Crippen LogP contribution is 2.38. The number of benzene rings is 1. The van der Waals surface area contributed by atoms with Crippen LogP contribution in [-0.4, -0.2) is 21.6 Å². The van der Waals surface area contributed by atoms with E-state index < -0.39 is 0 Å². The summed E-state index contributed by atoms with van der Waals surface area (Å²) in [5, 5.41) is 10.5. The molecule has 4 nitrogen and oxygen atoms in total. The number of aromatic nitrogens is 2. The fourth-order valence-corrected chi connectivity index (χ4v) is 2.85.